The predicted octanol–water partition coefficient (Wildman–Crippen LogP) is -15.7. The molecule has 1 amide bonds. The van der Waals surface area contributed by atoms with Gasteiger partial charge in [-0.15, -0.1) is 0 Å². The molecule has 0 aromatic carbocycles. The molecule has 7 fully saturated rings. The van der Waals surface area contributed by atoms with Crippen LogP contribution in [0.2, 0.25) is 0 Å². The summed E-state index contributed by atoms with van der Waals surface area (Å²) >= 11 is 0. The van der Waals surface area contributed by atoms with Crippen molar-refractivity contribution < 1.29 is 189 Å². The van der Waals surface area contributed by atoms with Crippen molar-refractivity contribution in [2.75, 3.05) is 46.2 Å². The Labute approximate surface area is 491 Å². The molecule has 36 atom stereocenters. The maximum Gasteiger partial charge on any atom is 0.364 e. The average Bonchev–Trinajstić information content (AvgIpc) is 1.29. The number of carbonyl (C=O) groups excluding carboxylic acids is 1. The Hall–Kier alpha value is -2.46. The van der Waals surface area contributed by atoms with Gasteiger partial charge in [0.05, 0.1) is 58.5 Å². The molecule has 87 heavy (non-hydrogen) atoms. The number of carboxylic acids is 1. The summed E-state index contributed by atoms with van der Waals surface area (Å²) in [6.07, 6.45) is -68.5. The van der Waals surface area contributed by atoms with E-state index in [-0.39, 0.29) is 0 Å². The summed E-state index contributed by atoms with van der Waals surface area (Å²) in [6.45, 7) is -5.22. The highest BCUT2D eigenvalue weighted by Crippen LogP contribution is 2.41. The summed E-state index contributed by atoms with van der Waals surface area (Å²) in [7, 11) is 0. The number of aliphatic hydroxyl groups excluding tert-OH is 22. The van der Waals surface area contributed by atoms with Gasteiger partial charge in [-0.05, 0) is 0 Å². The van der Waals surface area contributed by atoms with Gasteiger partial charge in [0.1, 0.15) is 159 Å². The summed E-state index contributed by atoms with van der Waals surface area (Å²) in [4.78, 5) is 26.1. The molecule has 39 nitrogen and oxygen atoms in total. The molecule has 506 valence electrons. The molecule has 24 N–H and O–H groups in total. The van der Waals surface area contributed by atoms with Crippen LogP contribution in [0.5, 0.6) is 0 Å². The van der Waals surface area contributed by atoms with Crippen LogP contribution in [0.1, 0.15) is 20.3 Å². The Bertz CT molecular complexity index is 2160. The van der Waals surface area contributed by atoms with Crippen molar-refractivity contribution >= 4 is 11.9 Å². The SMILES string of the molecule is CC(=O)NC1[C@H](O[C@@H]2C(O)[C@H](O[C@@H]3C(CO)O[C@@H](O)C(O)[C@H]3O)OC(CO)[C@@H]2O)OC(CO[C@@H]2OC(CO)[C@@H](O[C@@H]3OC(CO)[C@H](O)[C@H](O)C3O)[C@H](O)C2O)[C@@H](O[C@@H]2OC(CO)[C@H](O)C(O[C@]3(C(=O)O)CC(O)[C@@H](C)C([C@H](O)[C@H](O)CO)O3)C2O)[C@@H]1O. The highest BCUT2D eigenvalue weighted by Gasteiger charge is 2.61. The molecule has 0 saturated carbocycles. The van der Waals surface area contributed by atoms with Crippen LogP contribution in [-0.4, -0.2) is 390 Å². The fourth-order valence-corrected chi connectivity index (χ4v) is 11.2. The van der Waals surface area contributed by atoms with Gasteiger partial charge in [0.25, 0.3) is 5.79 Å². The number of aliphatic hydroxyl groups is 22. The van der Waals surface area contributed by atoms with Crippen molar-refractivity contribution in [3.05, 3.63) is 0 Å². The van der Waals surface area contributed by atoms with Gasteiger partial charge in [0.2, 0.25) is 5.91 Å². The number of hydrogen-bond acceptors (Lipinski definition) is 37. The maximum atomic E-state index is 13.1. The second kappa shape index (κ2) is 30.5. The first-order chi connectivity index (χ1) is 41.0. The van der Waals surface area contributed by atoms with Gasteiger partial charge in [-0.2, -0.15) is 0 Å². The molecule has 0 bridgehead atoms. The third kappa shape index (κ3) is 15.1. The molecule has 39 heteroatoms. The number of carbonyl (C=O) groups is 2. The minimum absolute atomic E-state index is 0.906. The first-order valence-corrected chi connectivity index (χ1v) is 27.6. The van der Waals surface area contributed by atoms with Crippen molar-refractivity contribution in [1.29, 1.82) is 0 Å². The summed E-state index contributed by atoms with van der Waals surface area (Å²) in [5, 5.41) is 250. The molecule has 7 aliphatic rings. The average molecular weight is 1280 g/mol. The van der Waals surface area contributed by atoms with Crippen LogP contribution in [-0.2, 0) is 71.2 Å². The quantitative estimate of drug-likeness (QED) is 0.0452. The molecule has 0 aliphatic carbocycles. The molecular weight excluding hydrogens is 1200 g/mol. The molecule has 0 radical (unpaired) electrons. The van der Waals surface area contributed by atoms with E-state index in [1.54, 1.807) is 0 Å². The van der Waals surface area contributed by atoms with Crippen LogP contribution >= 0.6 is 0 Å². The monoisotopic (exact) mass is 1280 g/mol. The molecule has 7 heterocycles. The van der Waals surface area contributed by atoms with Crippen LogP contribution in [0.4, 0.5) is 0 Å². The van der Waals surface area contributed by atoms with E-state index < -0.39 is 285 Å². The van der Waals surface area contributed by atoms with Gasteiger partial charge in [0.15, 0.2) is 37.7 Å². The first kappa shape index (κ1) is 72.0. The third-order valence-corrected chi connectivity index (χ3v) is 16.3. The minimum Gasteiger partial charge on any atom is -0.477 e. The van der Waals surface area contributed by atoms with E-state index in [9.17, 15) is 127 Å². The number of amides is 1. The predicted molar refractivity (Wildman–Crippen MR) is 264 cm³/mol. The van der Waals surface area contributed by atoms with Crippen LogP contribution < -0.4 is 5.32 Å². The zero-order valence-corrected chi connectivity index (χ0v) is 46.3. The molecule has 7 aliphatic heterocycles. The van der Waals surface area contributed by atoms with Crippen molar-refractivity contribution in [1.82, 2.24) is 5.32 Å². The second-order valence-electron chi connectivity index (χ2n) is 22.1. The van der Waals surface area contributed by atoms with Crippen LogP contribution in [0.3, 0.4) is 0 Å². The fourth-order valence-electron chi connectivity index (χ4n) is 11.2. The summed E-state index contributed by atoms with van der Waals surface area (Å²) in [6, 6.07) is -2.02. The van der Waals surface area contributed by atoms with E-state index in [0.717, 1.165) is 6.92 Å². The van der Waals surface area contributed by atoms with Crippen LogP contribution in [0.25, 0.3) is 0 Å². The van der Waals surface area contributed by atoms with Gasteiger partial charge in [-0.25, -0.2) is 4.79 Å². The summed E-state index contributed by atoms with van der Waals surface area (Å²) in [5.41, 5.74) is 0. The number of nitrogens with one attached hydrogen (secondary N) is 1. The van der Waals surface area contributed by atoms with E-state index in [4.69, 9.17) is 61.6 Å². The molecule has 7 rings (SSSR count). The van der Waals surface area contributed by atoms with Crippen molar-refractivity contribution in [2.45, 2.75) is 235 Å². The number of aliphatic carboxylic acids is 1. The van der Waals surface area contributed by atoms with E-state index in [2.05, 4.69) is 5.32 Å². The number of ether oxygens (including phenoxy) is 13. The number of rotatable bonds is 23. The third-order valence-electron chi connectivity index (χ3n) is 16.3. The first-order valence-electron chi connectivity index (χ1n) is 27.6. The van der Waals surface area contributed by atoms with Gasteiger partial charge in [-0.1, -0.05) is 6.92 Å². The molecule has 0 spiro atoms. The minimum atomic E-state index is -3.14. The molecule has 15 unspecified atom stereocenters. The lowest BCUT2D eigenvalue weighted by molar-refractivity contribution is -0.394. The number of carboxylic acid groups (broad SMARTS) is 1. The summed E-state index contributed by atoms with van der Waals surface area (Å²) in [5.74, 6) is -7.35. The standard InChI is InChI=1S/C48H81NO38/c1-11-13(57)3-48(47(73)74,86-35(11)22(59)14(58)4-50)87-40-25(62)17(7-53)79-46(34(40)71)84-38-20(10-75-43-32(69)29(66)37(19(9-55)80-43)82-44-31(68)27(64)23(60)15(5-51)77-44)81-42(21(26(38)63)49-12(2)56)85-39-24(61)16(6-52)78-45(33(39)70)83-36-18(8-54)76-41(72)30(67)28(36)65/h11,13-46,50-55,57-72H,3-10H2,1-2H3,(H,49,56)(H,73,74)/t11-,13?,14-,15?,16?,17?,18?,19?,20?,21?,22-,23+,24+,25+,26-,27+,28-,29-,30?,31?,32?,33?,34?,35?,36-,37-,38-,39+,40?,41-,42+,43-,44+,45+,46+,48+/m1/s1. The number of hydrogen-bond donors (Lipinski definition) is 24. The molecular formula is C48H81NO38. The normalized spacial score (nSPS) is 49.8. The summed E-state index contributed by atoms with van der Waals surface area (Å²) < 4.78 is 74.4. The van der Waals surface area contributed by atoms with Gasteiger partial charge in [0, 0.05) is 19.3 Å². The van der Waals surface area contributed by atoms with Crippen molar-refractivity contribution in [3.63, 3.8) is 0 Å². The van der Waals surface area contributed by atoms with Crippen LogP contribution in [0.15, 0.2) is 0 Å². The highest BCUT2D eigenvalue weighted by molar-refractivity contribution is 5.76. The van der Waals surface area contributed by atoms with Crippen molar-refractivity contribution in [3.8, 4) is 0 Å². The lowest BCUT2D eigenvalue weighted by Gasteiger charge is -2.51. The smallest absolute Gasteiger partial charge is 0.364 e. The largest absolute Gasteiger partial charge is 0.477 e. The zero-order valence-electron chi connectivity index (χ0n) is 46.3. The molecule has 0 aromatic rings. The Kier molecular flexibility index (Phi) is 25.3. The van der Waals surface area contributed by atoms with Crippen LogP contribution in [0, 0.1) is 5.92 Å². The van der Waals surface area contributed by atoms with Gasteiger partial charge >= 0.3 is 5.97 Å². The Morgan fingerprint density at radius 1 is 0.494 bits per heavy atom. The van der Waals surface area contributed by atoms with Gasteiger partial charge < -0.3 is 184 Å². The van der Waals surface area contributed by atoms with Crippen molar-refractivity contribution in [2.24, 2.45) is 5.92 Å². The Morgan fingerprint density at radius 3 is 1.45 bits per heavy atom. The van der Waals surface area contributed by atoms with E-state index in [1.165, 1.54) is 6.92 Å². The Balaban J connectivity index is 1.21. The second-order valence-corrected chi connectivity index (χ2v) is 22.1. The van der Waals surface area contributed by atoms with Gasteiger partial charge in [-0.3, -0.25) is 4.79 Å². The lowest BCUT2D eigenvalue weighted by atomic mass is 9.84. The van der Waals surface area contributed by atoms with E-state index >= 15 is 0 Å². The topological polar surface area (TPSA) is 631 Å². The lowest BCUT2D eigenvalue weighted by Crippen LogP contribution is -2.70. The maximum absolute atomic E-state index is 13.1. The Morgan fingerprint density at radius 2 is 0.931 bits per heavy atom. The zero-order chi connectivity index (χ0) is 64.4. The molecule has 0 aromatic heterocycles. The highest BCUT2D eigenvalue weighted by atomic mass is 16.8. The molecule has 7 saturated heterocycles. The van der Waals surface area contributed by atoms with E-state index in [0.29, 0.717) is 0 Å². The fraction of sp³-hybridized carbons (Fsp3) is 0.958. The van der Waals surface area contributed by atoms with E-state index in [1.807, 2.05) is 0 Å².